The maximum Gasteiger partial charge on any atom is 0.316 e. The first-order valence-electron chi connectivity index (χ1n) is 12.8. The van der Waals surface area contributed by atoms with Crippen molar-refractivity contribution >= 4 is 22.8 Å². The molecule has 2 aromatic carbocycles. The van der Waals surface area contributed by atoms with Crippen molar-refractivity contribution in [3.8, 4) is 11.5 Å². The van der Waals surface area contributed by atoms with Crippen LogP contribution in [0, 0.1) is 19.3 Å². The van der Waals surface area contributed by atoms with Crippen molar-refractivity contribution in [3.63, 3.8) is 0 Å². The second-order valence-corrected chi connectivity index (χ2v) is 12.0. The number of methoxy groups -OCH3 is 1. The Morgan fingerprint density at radius 3 is 2.27 bits per heavy atom. The minimum absolute atomic E-state index is 0.0209. The second-order valence-electron chi connectivity index (χ2n) is 12.0. The van der Waals surface area contributed by atoms with Gasteiger partial charge in [0.25, 0.3) is 0 Å². The fourth-order valence-corrected chi connectivity index (χ4v) is 4.83. The smallest absolute Gasteiger partial charge is 0.316 e. The molecule has 200 valence electrons. The number of nitrogens with zero attached hydrogens (tertiary/aromatic N) is 2. The van der Waals surface area contributed by atoms with Gasteiger partial charge in [0.1, 0.15) is 11.5 Å². The van der Waals surface area contributed by atoms with Gasteiger partial charge in [0.15, 0.2) is 0 Å². The standard InChI is InChI=1S/C31H42N2O4/c1-20-15-21(2)28(26(16-20)37-29(35)30(3,4)5)31(6,7)18-27(34)33-19-22(13-14-32(8)9)24-12-11-23(36-10)17-25(24)33/h11-12,15-17,19H,13-14,18H2,1-10H3. The molecule has 0 aliphatic carbocycles. The number of ether oxygens (including phenoxy) is 2. The monoisotopic (exact) mass is 506 g/mol. The fraction of sp³-hybridized carbons (Fsp3) is 0.484. The normalized spacial score (nSPS) is 12.3. The Morgan fingerprint density at radius 2 is 1.68 bits per heavy atom. The molecule has 0 aliphatic heterocycles. The lowest BCUT2D eigenvalue weighted by Gasteiger charge is -2.30. The van der Waals surface area contributed by atoms with Gasteiger partial charge in [-0.15, -0.1) is 0 Å². The van der Waals surface area contributed by atoms with Crippen LogP contribution in [-0.4, -0.2) is 49.1 Å². The van der Waals surface area contributed by atoms with E-state index in [1.807, 2.05) is 93.0 Å². The van der Waals surface area contributed by atoms with Crippen molar-refractivity contribution in [2.75, 3.05) is 27.7 Å². The van der Waals surface area contributed by atoms with E-state index in [2.05, 4.69) is 11.0 Å². The Hall–Kier alpha value is -3.12. The number of rotatable bonds is 8. The van der Waals surface area contributed by atoms with E-state index in [0.29, 0.717) is 11.5 Å². The van der Waals surface area contributed by atoms with Crippen molar-refractivity contribution in [2.45, 2.75) is 66.7 Å². The van der Waals surface area contributed by atoms with Crippen LogP contribution in [0.5, 0.6) is 11.5 Å². The number of esters is 1. The first kappa shape index (κ1) is 28.5. The summed E-state index contributed by atoms with van der Waals surface area (Å²) in [5, 5.41) is 1.06. The SMILES string of the molecule is COc1ccc2c(CCN(C)C)cn(C(=O)CC(C)(C)c3c(C)cc(C)cc3OC(=O)C(C)(C)C)c2c1. The average Bonchev–Trinajstić information content (AvgIpc) is 3.13. The molecule has 0 amide bonds. The molecule has 6 nitrogen and oxygen atoms in total. The summed E-state index contributed by atoms with van der Waals surface area (Å²) >= 11 is 0. The maximum absolute atomic E-state index is 13.9. The molecule has 37 heavy (non-hydrogen) atoms. The second kappa shape index (κ2) is 10.7. The Morgan fingerprint density at radius 1 is 1.00 bits per heavy atom. The van der Waals surface area contributed by atoms with Crippen LogP contribution in [0.2, 0.25) is 0 Å². The van der Waals surface area contributed by atoms with Crippen LogP contribution in [0.3, 0.4) is 0 Å². The average molecular weight is 507 g/mol. The van der Waals surface area contributed by atoms with Gasteiger partial charge in [0.05, 0.1) is 18.0 Å². The Kier molecular flexibility index (Phi) is 8.23. The van der Waals surface area contributed by atoms with Gasteiger partial charge in [-0.2, -0.15) is 0 Å². The number of aryl methyl sites for hydroxylation is 2. The summed E-state index contributed by atoms with van der Waals surface area (Å²) in [7, 11) is 5.72. The Bertz CT molecular complexity index is 1310. The summed E-state index contributed by atoms with van der Waals surface area (Å²) in [6, 6.07) is 9.86. The Balaban J connectivity index is 2.03. The molecule has 0 atom stereocenters. The summed E-state index contributed by atoms with van der Waals surface area (Å²) in [5.74, 6) is 0.923. The molecule has 1 heterocycles. The van der Waals surface area contributed by atoms with Crippen molar-refractivity contribution in [2.24, 2.45) is 5.41 Å². The highest BCUT2D eigenvalue weighted by Crippen LogP contribution is 2.39. The number of carbonyl (C=O) groups is 2. The number of fused-ring (bicyclic) bond motifs is 1. The number of hydrogen-bond acceptors (Lipinski definition) is 5. The van der Waals surface area contributed by atoms with Crippen LogP contribution in [0.15, 0.2) is 36.5 Å². The summed E-state index contributed by atoms with van der Waals surface area (Å²) in [4.78, 5) is 28.8. The zero-order valence-electron chi connectivity index (χ0n) is 24.1. The lowest BCUT2D eigenvalue weighted by molar-refractivity contribution is -0.143. The predicted octanol–water partition coefficient (Wildman–Crippen LogP) is 6.33. The van der Waals surface area contributed by atoms with Gasteiger partial charge in [-0.3, -0.25) is 14.2 Å². The maximum atomic E-state index is 13.9. The third-order valence-electron chi connectivity index (χ3n) is 6.72. The summed E-state index contributed by atoms with van der Waals surface area (Å²) in [5.41, 5.74) is 3.64. The molecule has 0 saturated heterocycles. The number of aromatic nitrogens is 1. The van der Waals surface area contributed by atoms with E-state index in [1.165, 1.54) is 0 Å². The van der Waals surface area contributed by atoms with Gasteiger partial charge in [0, 0.05) is 41.6 Å². The van der Waals surface area contributed by atoms with E-state index in [0.717, 1.165) is 46.1 Å². The lowest BCUT2D eigenvalue weighted by Crippen LogP contribution is -2.30. The number of carbonyl (C=O) groups excluding carboxylic acids is 2. The summed E-state index contributed by atoms with van der Waals surface area (Å²) < 4.78 is 13.1. The molecule has 0 fully saturated rings. The predicted molar refractivity (Wildman–Crippen MR) is 150 cm³/mol. The van der Waals surface area contributed by atoms with Crippen LogP contribution in [0.25, 0.3) is 10.9 Å². The van der Waals surface area contributed by atoms with Gasteiger partial charge in [0.2, 0.25) is 5.91 Å². The molecular weight excluding hydrogens is 464 g/mol. The van der Waals surface area contributed by atoms with Crippen LogP contribution in [-0.2, 0) is 16.6 Å². The quantitative estimate of drug-likeness (QED) is 0.264. The minimum atomic E-state index is -0.638. The zero-order valence-corrected chi connectivity index (χ0v) is 24.1. The first-order chi connectivity index (χ1) is 17.1. The third-order valence-corrected chi connectivity index (χ3v) is 6.72. The molecule has 1 aromatic heterocycles. The van der Waals surface area contributed by atoms with E-state index in [1.54, 1.807) is 11.7 Å². The summed E-state index contributed by atoms with van der Waals surface area (Å²) in [6.45, 7) is 14.5. The zero-order chi connectivity index (χ0) is 27.7. The first-order valence-corrected chi connectivity index (χ1v) is 12.8. The molecule has 0 unspecified atom stereocenters. The molecule has 0 aliphatic rings. The third kappa shape index (κ3) is 6.42. The highest BCUT2D eigenvalue weighted by molar-refractivity contribution is 5.95. The number of hydrogen-bond donors (Lipinski definition) is 0. The lowest BCUT2D eigenvalue weighted by atomic mass is 9.78. The molecule has 0 radical (unpaired) electrons. The van der Waals surface area contributed by atoms with E-state index in [9.17, 15) is 9.59 Å². The van der Waals surface area contributed by atoms with Gasteiger partial charge in [-0.05, 0) is 90.0 Å². The van der Waals surface area contributed by atoms with Crippen LogP contribution in [0.4, 0.5) is 0 Å². The van der Waals surface area contributed by atoms with Crippen LogP contribution in [0.1, 0.15) is 68.1 Å². The van der Waals surface area contributed by atoms with E-state index < -0.39 is 10.8 Å². The van der Waals surface area contributed by atoms with Gasteiger partial charge < -0.3 is 14.4 Å². The molecule has 3 rings (SSSR count). The van der Waals surface area contributed by atoms with Gasteiger partial charge in [-0.1, -0.05) is 19.9 Å². The van der Waals surface area contributed by atoms with Crippen molar-refractivity contribution in [3.05, 3.63) is 58.8 Å². The summed E-state index contributed by atoms with van der Waals surface area (Å²) in [6.07, 6.45) is 3.04. The Labute approximate surface area is 221 Å². The topological polar surface area (TPSA) is 60.8 Å². The number of benzene rings is 2. The molecule has 3 aromatic rings. The van der Waals surface area contributed by atoms with Crippen LogP contribution < -0.4 is 9.47 Å². The fourth-order valence-electron chi connectivity index (χ4n) is 4.83. The van der Waals surface area contributed by atoms with Crippen molar-refractivity contribution in [1.29, 1.82) is 0 Å². The van der Waals surface area contributed by atoms with Crippen LogP contribution >= 0.6 is 0 Å². The van der Waals surface area contributed by atoms with Crippen molar-refractivity contribution in [1.82, 2.24) is 9.47 Å². The highest BCUT2D eigenvalue weighted by Gasteiger charge is 2.33. The van der Waals surface area contributed by atoms with E-state index in [4.69, 9.17) is 9.47 Å². The molecule has 0 bridgehead atoms. The van der Waals surface area contributed by atoms with Gasteiger partial charge >= 0.3 is 5.97 Å². The largest absolute Gasteiger partial charge is 0.497 e. The molecule has 0 spiro atoms. The highest BCUT2D eigenvalue weighted by atomic mass is 16.5. The van der Waals surface area contributed by atoms with Gasteiger partial charge in [-0.25, -0.2) is 0 Å². The molecular formula is C31H42N2O4. The molecule has 0 saturated carbocycles. The molecule has 6 heteroatoms. The van der Waals surface area contributed by atoms with E-state index in [-0.39, 0.29) is 18.3 Å². The minimum Gasteiger partial charge on any atom is -0.497 e. The molecule has 0 N–H and O–H groups in total. The van der Waals surface area contributed by atoms with Crippen molar-refractivity contribution < 1.29 is 19.1 Å². The van der Waals surface area contributed by atoms with E-state index >= 15 is 0 Å². The number of likely N-dealkylation sites (N-methyl/N-ethyl adjacent to an activating group) is 1.